The molecular weight excluding hydrogens is 519 g/mol. The Labute approximate surface area is 245 Å². The fourth-order valence-electron chi connectivity index (χ4n) is 6.09. The average Bonchev–Trinajstić information content (AvgIpc) is 3.48. The molecule has 206 valence electrons. The lowest BCUT2D eigenvalue weighted by atomic mass is 9.76. The molecule has 0 amide bonds. The third kappa shape index (κ3) is 3.90. The average molecular weight is 550 g/mol. The minimum Gasteiger partial charge on any atom is -0.456 e. The van der Waals surface area contributed by atoms with Crippen LogP contribution >= 0.6 is 0 Å². The molecule has 1 saturated heterocycles. The van der Waals surface area contributed by atoms with Crippen molar-refractivity contribution in [3.05, 3.63) is 108 Å². The van der Waals surface area contributed by atoms with Gasteiger partial charge in [-0.3, -0.25) is 0 Å². The first-order valence-corrected chi connectivity index (χ1v) is 14.5. The van der Waals surface area contributed by atoms with Crippen molar-refractivity contribution in [2.45, 2.75) is 44.9 Å². The van der Waals surface area contributed by atoms with Crippen molar-refractivity contribution in [2.75, 3.05) is 5.32 Å². The van der Waals surface area contributed by atoms with E-state index < -0.39 is 18.3 Å². The summed E-state index contributed by atoms with van der Waals surface area (Å²) in [6, 6.07) is 31.5. The summed E-state index contributed by atoms with van der Waals surface area (Å²) in [6.45, 7) is 8.32. The summed E-state index contributed by atoms with van der Waals surface area (Å²) in [5.41, 5.74) is 8.09. The molecule has 1 N–H and O–H groups in total. The molecule has 0 saturated carbocycles. The summed E-state index contributed by atoms with van der Waals surface area (Å²) in [7, 11) is -0.481. The van der Waals surface area contributed by atoms with Crippen LogP contribution in [0.15, 0.2) is 101 Å². The van der Waals surface area contributed by atoms with Gasteiger partial charge < -0.3 is 19.0 Å². The maximum absolute atomic E-state index is 6.44. The molecule has 6 aromatic rings. The Morgan fingerprint density at radius 1 is 0.786 bits per heavy atom. The molecule has 4 aromatic carbocycles. The third-order valence-corrected chi connectivity index (χ3v) is 9.15. The molecule has 0 spiro atoms. The van der Waals surface area contributed by atoms with E-state index in [4.69, 9.17) is 18.7 Å². The molecule has 0 aliphatic carbocycles. The van der Waals surface area contributed by atoms with Crippen LogP contribution in [0.1, 0.15) is 44.9 Å². The zero-order valence-electron chi connectivity index (χ0n) is 24.1. The number of rotatable bonds is 3. The minimum absolute atomic E-state index is 0.0943. The second-order valence-electron chi connectivity index (χ2n) is 12.3. The Bertz CT molecular complexity index is 2030. The lowest BCUT2D eigenvalue weighted by Crippen LogP contribution is -2.41. The lowest BCUT2D eigenvalue weighted by Gasteiger charge is -2.32. The van der Waals surface area contributed by atoms with Crippen LogP contribution in [0.3, 0.4) is 0 Å². The van der Waals surface area contributed by atoms with E-state index in [0.29, 0.717) is 0 Å². The first-order valence-electron chi connectivity index (χ1n) is 14.5. The molecule has 42 heavy (non-hydrogen) atoms. The smallest absolute Gasteiger partial charge is 0.456 e. The number of anilines is 1. The molecule has 2 aliphatic rings. The number of pyridine rings is 1. The van der Waals surface area contributed by atoms with Crippen LogP contribution in [0.2, 0.25) is 0 Å². The van der Waals surface area contributed by atoms with Gasteiger partial charge in [0.15, 0.2) is 0 Å². The molecule has 1 atom stereocenters. The number of nitrogens with zero attached hydrogens (tertiary/aromatic N) is 1. The Morgan fingerprint density at radius 2 is 1.57 bits per heavy atom. The van der Waals surface area contributed by atoms with Crippen molar-refractivity contribution in [1.82, 2.24) is 4.98 Å². The van der Waals surface area contributed by atoms with Gasteiger partial charge in [0.1, 0.15) is 11.2 Å². The number of aromatic nitrogens is 1. The normalized spacial score (nSPS) is 19.0. The first kappa shape index (κ1) is 25.3. The lowest BCUT2D eigenvalue weighted by molar-refractivity contribution is 0.00578. The highest BCUT2D eigenvalue weighted by Crippen LogP contribution is 2.40. The van der Waals surface area contributed by atoms with E-state index in [2.05, 4.69) is 112 Å². The number of furan rings is 1. The molecule has 2 aliphatic heterocycles. The highest BCUT2D eigenvalue weighted by atomic mass is 16.7. The number of nitrogens with one attached hydrogen (secondary N) is 1. The highest BCUT2D eigenvalue weighted by Gasteiger charge is 2.52. The number of fused-ring (bicyclic) bond motifs is 6. The maximum atomic E-state index is 6.44. The van der Waals surface area contributed by atoms with Gasteiger partial charge in [-0.05, 0) is 74.6 Å². The zero-order chi connectivity index (χ0) is 28.6. The van der Waals surface area contributed by atoms with Crippen LogP contribution in [0.4, 0.5) is 5.69 Å². The van der Waals surface area contributed by atoms with Gasteiger partial charge in [0, 0.05) is 21.7 Å². The Balaban J connectivity index is 1.24. The van der Waals surface area contributed by atoms with E-state index in [1.165, 1.54) is 5.56 Å². The predicted molar refractivity (Wildman–Crippen MR) is 172 cm³/mol. The van der Waals surface area contributed by atoms with Crippen LogP contribution in [0.25, 0.3) is 50.2 Å². The molecule has 0 radical (unpaired) electrons. The number of hydrogen-bond acceptors (Lipinski definition) is 5. The van der Waals surface area contributed by atoms with E-state index in [1.54, 1.807) is 0 Å². The monoisotopic (exact) mass is 550 g/mol. The predicted octanol–water partition coefficient (Wildman–Crippen LogP) is 8.28. The zero-order valence-corrected chi connectivity index (χ0v) is 24.1. The fourth-order valence-corrected chi connectivity index (χ4v) is 6.09. The summed E-state index contributed by atoms with van der Waals surface area (Å²) in [4.78, 5) is 5.22. The second kappa shape index (κ2) is 9.06. The number of benzene rings is 4. The van der Waals surface area contributed by atoms with E-state index in [1.807, 2.05) is 24.3 Å². The maximum Gasteiger partial charge on any atom is 0.495 e. The SMILES string of the molecule is CC1(C)OB(c2cccc3oc4ccc(-c5ccc6ccc7c(c6n5)NC(c5ccccc5)C=C7)cc4c23)OC1(C)C. The number of hydrogen-bond donors (Lipinski definition) is 1. The van der Waals surface area contributed by atoms with Gasteiger partial charge >= 0.3 is 7.12 Å². The van der Waals surface area contributed by atoms with Gasteiger partial charge in [0.05, 0.1) is 34.1 Å². The summed E-state index contributed by atoms with van der Waals surface area (Å²) in [6.07, 6.45) is 4.40. The van der Waals surface area contributed by atoms with Crippen molar-refractivity contribution in [3.63, 3.8) is 0 Å². The van der Waals surface area contributed by atoms with E-state index in [9.17, 15) is 0 Å². The topological polar surface area (TPSA) is 56.5 Å². The standard InChI is InChI=1S/C36H31BN2O3/c1-35(2)36(3,4)42-37(41-35)27-11-8-12-31-32(27)26-21-25(17-20-30(26)40-31)29-19-16-24-14-13-23-15-18-28(22-9-6-5-7-10-22)38-33(23)34(24)39-29/h5-21,28,38H,1-4H3. The van der Waals surface area contributed by atoms with Gasteiger partial charge in [-0.25, -0.2) is 4.98 Å². The first-order chi connectivity index (χ1) is 20.3. The summed E-state index contributed by atoms with van der Waals surface area (Å²) in [5.74, 6) is 0. The molecule has 1 unspecified atom stereocenters. The molecule has 4 heterocycles. The van der Waals surface area contributed by atoms with Gasteiger partial charge in [-0.2, -0.15) is 0 Å². The fraction of sp³-hybridized carbons (Fsp3) is 0.194. The van der Waals surface area contributed by atoms with Crippen LogP contribution in [-0.4, -0.2) is 23.3 Å². The van der Waals surface area contributed by atoms with Gasteiger partial charge in [0.2, 0.25) is 0 Å². The third-order valence-electron chi connectivity index (χ3n) is 9.15. The summed E-state index contributed by atoms with van der Waals surface area (Å²) in [5, 5.41) is 6.89. The second-order valence-corrected chi connectivity index (χ2v) is 12.3. The molecule has 5 nitrogen and oxygen atoms in total. The molecular formula is C36H31BN2O3. The van der Waals surface area contributed by atoms with Crippen molar-refractivity contribution in [2.24, 2.45) is 0 Å². The molecule has 0 bridgehead atoms. The summed E-state index contributed by atoms with van der Waals surface area (Å²) >= 11 is 0. The Kier molecular flexibility index (Phi) is 5.46. The minimum atomic E-state index is -0.481. The molecule has 1 fully saturated rings. The van der Waals surface area contributed by atoms with Crippen molar-refractivity contribution in [1.29, 1.82) is 0 Å². The van der Waals surface area contributed by atoms with Crippen molar-refractivity contribution < 1.29 is 13.7 Å². The van der Waals surface area contributed by atoms with Crippen LogP contribution < -0.4 is 10.8 Å². The molecule has 8 rings (SSSR count). The Hall–Kier alpha value is -4.39. The van der Waals surface area contributed by atoms with E-state index in [-0.39, 0.29) is 6.04 Å². The van der Waals surface area contributed by atoms with Crippen LogP contribution in [0.5, 0.6) is 0 Å². The van der Waals surface area contributed by atoms with Gasteiger partial charge in [0.25, 0.3) is 0 Å². The van der Waals surface area contributed by atoms with Gasteiger partial charge in [-0.15, -0.1) is 0 Å². The quantitative estimate of drug-likeness (QED) is 0.225. The van der Waals surface area contributed by atoms with Crippen LogP contribution in [0, 0.1) is 0 Å². The van der Waals surface area contributed by atoms with Crippen molar-refractivity contribution in [3.8, 4) is 11.3 Å². The van der Waals surface area contributed by atoms with Gasteiger partial charge in [-0.1, -0.05) is 72.8 Å². The van der Waals surface area contributed by atoms with E-state index in [0.717, 1.165) is 60.8 Å². The molecule has 6 heteroatoms. The van der Waals surface area contributed by atoms with Crippen LogP contribution in [-0.2, 0) is 9.31 Å². The largest absolute Gasteiger partial charge is 0.495 e. The highest BCUT2D eigenvalue weighted by molar-refractivity contribution is 6.66. The Morgan fingerprint density at radius 3 is 2.38 bits per heavy atom. The van der Waals surface area contributed by atoms with Crippen molar-refractivity contribution >= 4 is 57.2 Å². The molecule has 2 aromatic heterocycles. The van der Waals surface area contributed by atoms with E-state index >= 15 is 0 Å². The summed E-state index contributed by atoms with van der Waals surface area (Å²) < 4.78 is 19.2.